The molecule has 0 aliphatic heterocycles. The fraction of sp³-hybridized carbons (Fsp3) is 0.429. The average molecular weight is 282 g/mol. The number of benzene rings is 1. The zero-order valence-corrected chi connectivity index (χ0v) is 11.7. The van der Waals surface area contributed by atoms with E-state index in [1.54, 1.807) is 12.1 Å². The van der Waals surface area contributed by atoms with Crippen LogP contribution in [0.15, 0.2) is 24.3 Å². The molecule has 0 saturated heterocycles. The van der Waals surface area contributed by atoms with Crippen molar-refractivity contribution in [1.29, 1.82) is 0 Å². The third-order valence-corrected chi connectivity index (χ3v) is 2.80. The lowest BCUT2D eigenvalue weighted by Gasteiger charge is -2.22. The molecule has 1 aromatic carbocycles. The van der Waals surface area contributed by atoms with Gasteiger partial charge in [-0.2, -0.15) is 0 Å². The molecule has 0 spiro atoms. The van der Waals surface area contributed by atoms with Crippen LogP contribution in [0, 0.1) is 5.82 Å². The van der Waals surface area contributed by atoms with Crippen molar-refractivity contribution in [2.45, 2.75) is 6.42 Å². The van der Waals surface area contributed by atoms with Crippen LogP contribution in [0.2, 0.25) is 0 Å². The molecule has 0 heterocycles. The number of carbonyl (C=O) groups is 2. The quantitative estimate of drug-likeness (QED) is 0.805. The van der Waals surface area contributed by atoms with E-state index in [-0.39, 0.29) is 24.4 Å². The number of likely N-dealkylation sites (N-methyl/N-ethyl adjacent to an activating group) is 1. The Morgan fingerprint density at radius 1 is 1.20 bits per heavy atom. The number of aliphatic carboxylic acids is 1. The van der Waals surface area contributed by atoms with Crippen LogP contribution < -0.4 is 0 Å². The fourth-order valence-electron chi connectivity index (χ4n) is 1.69. The van der Waals surface area contributed by atoms with Gasteiger partial charge in [0.15, 0.2) is 0 Å². The molecule has 6 heteroatoms. The van der Waals surface area contributed by atoms with Crippen LogP contribution in [0.25, 0.3) is 0 Å². The van der Waals surface area contributed by atoms with Crippen LogP contribution in [-0.2, 0) is 16.0 Å². The number of carboxylic acid groups (broad SMARTS) is 1. The molecule has 1 amide bonds. The van der Waals surface area contributed by atoms with E-state index in [4.69, 9.17) is 5.11 Å². The van der Waals surface area contributed by atoms with Crippen molar-refractivity contribution in [3.05, 3.63) is 35.6 Å². The normalized spacial score (nSPS) is 10.6. The highest BCUT2D eigenvalue weighted by atomic mass is 19.1. The number of rotatable bonds is 7. The van der Waals surface area contributed by atoms with E-state index in [2.05, 4.69) is 0 Å². The molecular formula is C14H19FN2O3. The van der Waals surface area contributed by atoms with Gasteiger partial charge in [-0.05, 0) is 25.7 Å². The Balaban J connectivity index is 2.72. The second kappa shape index (κ2) is 7.59. The second-order valence-corrected chi connectivity index (χ2v) is 4.78. The molecule has 0 unspecified atom stereocenters. The van der Waals surface area contributed by atoms with Crippen molar-refractivity contribution in [1.82, 2.24) is 9.80 Å². The standard InChI is InChI=1S/C14H19FN2O3/c1-16(2)7-8-17(10-14(19)20)13(18)9-11-5-3-4-6-12(11)15/h3-6H,7-10H2,1-2H3,(H,19,20). The van der Waals surface area contributed by atoms with Crippen molar-refractivity contribution in [2.24, 2.45) is 0 Å². The highest BCUT2D eigenvalue weighted by Gasteiger charge is 2.18. The Morgan fingerprint density at radius 3 is 2.40 bits per heavy atom. The fourth-order valence-corrected chi connectivity index (χ4v) is 1.69. The molecule has 110 valence electrons. The zero-order valence-electron chi connectivity index (χ0n) is 11.7. The number of hydrogen-bond donors (Lipinski definition) is 1. The molecule has 1 N–H and O–H groups in total. The summed E-state index contributed by atoms with van der Waals surface area (Å²) >= 11 is 0. The monoisotopic (exact) mass is 282 g/mol. The van der Waals surface area contributed by atoms with E-state index in [1.165, 1.54) is 17.0 Å². The minimum atomic E-state index is -1.08. The smallest absolute Gasteiger partial charge is 0.323 e. The van der Waals surface area contributed by atoms with E-state index >= 15 is 0 Å². The van der Waals surface area contributed by atoms with Crippen LogP contribution in [-0.4, -0.2) is 60.5 Å². The third kappa shape index (κ3) is 5.36. The Kier molecular flexibility index (Phi) is 6.11. The number of amides is 1. The minimum absolute atomic E-state index is 0.132. The zero-order chi connectivity index (χ0) is 15.1. The van der Waals surface area contributed by atoms with Gasteiger partial charge < -0.3 is 14.9 Å². The first-order valence-electron chi connectivity index (χ1n) is 6.28. The summed E-state index contributed by atoms with van der Waals surface area (Å²) in [7, 11) is 3.67. The number of nitrogens with zero attached hydrogens (tertiary/aromatic N) is 2. The molecule has 0 fully saturated rings. The summed E-state index contributed by atoms with van der Waals surface area (Å²) in [5, 5.41) is 8.84. The molecule has 1 rings (SSSR count). The molecule has 0 aromatic heterocycles. The van der Waals surface area contributed by atoms with Gasteiger partial charge in [0.2, 0.25) is 5.91 Å². The summed E-state index contributed by atoms with van der Waals surface area (Å²) in [5.74, 6) is -1.92. The molecular weight excluding hydrogens is 263 g/mol. The van der Waals surface area contributed by atoms with Gasteiger partial charge >= 0.3 is 5.97 Å². The van der Waals surface area contributed by atoms with Crippen LogP contribution in [0.1, 0.15) is 5.56 Å². The summed E-state index contributed by atoms with van der Waals surface area (Å²) < 4.78 is 13.5. The third-order valence-electron chi connectivity index (χ3n) is 2.80. The molecule has 0 aliphatic rings. The van der Waals surface area contributed by atoms with E-state index in [9.17, 15) is 14.0 Å². The topological polar surface area (TPSA) is 60.9 Å². The molecule has 0 bridgehead atoms. The lowest BCUT2D eigenvalue weighted by molar-refractivity contribution is -0.144. The van der Waals surface area contributed by atoms with Crippen LogP contribution >= 0.6 is 0 Å². The Bertz CT molecular complexity index is 477. The maximum Gasteiger partial charge on any atom is 0.323 e. The van der Waals surface area contributed by atoms with Gasteiger partial charge in [-0.15, -0.1) is 0 Å². The molecule has 1 aromatic rings. The summed E-state index contributed by atoms with van der Waals surface area (Å²) in [4.78, 5) is 26.0. The van der Waals surface area contributed by atoms with Gasteiger partial charge in [0.05, 0.1) is 6.42 Å². The Labute approximate surface area is 117 Å². The van der Waals surface area contributed by atoms with Gasteiger partial charge in [0.1, 0.15) is 12.4 Å². The minimum Gasteiger partial charge on any atom is -0.480 e. The molecule has 20 heavy (non-hydrogen) atoms. The summed E-state index contributed by atoms with van der Waals surface area (Å²) in [5.41, 5.74) is 0.276. The van der Waals surface area contributed by atoms with Gasteiger partial charge in [-0.3, -0.25) is 9.59 Å². The first-order valence-corrected chi connectivity index (χ1v) is 6.28. The number of carboxylic acids is 1. The predicted molar refractivity (Wildman–Crippen MR) is 72.9 cm³/mol. The first-order chi connectivity index (χ1) is 9.40. The van der Waals surface area contributed by atoms with E-state index in [0.717, 1.165) is 0 Å². The number of carbonyl (C=O) groups excluding carboxylic acids is 1. The Morgan fingerprint density at radius 2 is 1.85 bits per heavy atom. The summed E-state index contributed by atoms with van der Waals surface area (Å²) in [6.07, 6.45) is -0.132. The lowest BCUT2D eigenvalue weighted by Crippen LogP contribution is -2.40. The van der Waals surface area contributed by atoms with Crippen molar-refractivity contribution >= 4 is 11.9 Å². The number of hydrogen-bond acceptors (Lipinski definition) is 3. The van der Waals surface area contributed by atoms with E-state index in [1.807, 2.05) is 19.0 Å². The molecule has 0 atom stereocenters. The van der Waals surface area contributed by atoms with Crippen molar-refractivity contribution in [3.8, 4) is 0 Å². The van der Waals surface area contributed by atoms with Crippen molar-refractivity contribution in [3.63, 3.8) is 0 Å². The molecule has 0 radical (unpaired) electrons. The number of halogens is 1. The summed E-state index contributed by atoms with van der Waals surface area (Å²) in [6.45, 7) is 0.476. The average Bonchev–Trinajstić information content (AvgIpc) is 2.36. The SMILES string of the molecule is CN(C)CCN(CC(=O)O)C(=O)Cc1ccccc1F. The van der Waals surface area contributed by atoms with Crippen LogP contribution in [0.5, 0.6) is 0 Å². The highest BCUT2D eigenvalue weighted by molar-refractivity contribution is 5.83. The van der Waals surface area contributed by atoms with Gasteiger partial charge in [-0.1, -0.05) is 18.2 Å². The first kappa shape index (κ1) is 16.1. The molecule has 0 aliphatic carbocycles. The van der Waals surface area contributed by atoms with Gasteiger partial charge in [0, 0.05) is 13.1 Å². The second-order valence-electron chi connectivity index (χ2n) is 4.78. The summed E-state index contributed by atoms with van der Waals surface area (Å²) in [6, 6.07) is 6.00. The van der Waals surface area contributed by atoms with Crippen LogP contribution in [0.3, 0.4) is 0 Å². The molecule has 5 nitrogen and oxygen atoms in total. The van der Waals surface area contributed by atoms with Crippen molar-refractivity contribution < 1.29 is 19.1 Å². The van der Waals surface area contributed by atoms with Gasteiger partial charge in [0.25, 0.3) is 0 Å². The maximum atomic E-state index is 13.5. The highest BCUT2D eigenvalue weighted by Crippen LogP contribution is 2.08. The lowest BCUT2D eigenvalue weighted by atomic mass is 10.1. The molecule has 0 saturated carbocycles. The van der Waals surface area contributed by atoms with Gasteiger partial charge in [-0.25, -0.2) is 4.39 Å². The maximum absolute atomic E-state index is 13.5. The largest absolute Gasteiger partial charge is 0.480 e. The Hall–Kier alpha value is -1.95. The van der Waals surface area contributed by atoms with Crippen molar-refractivity contribution in [2.75, 3.05) is 33.7 Å². The van der Waals surface area contributed by atoms with E-state index in [0.29, 0.717) is 13.1 Å². The van der Waals surface area contributed by atoms with E-state index < -0.39 is 11.8 Å². The predicted octanol–water partition coefficient (Wildman–Crippen LogP) is 0.843. The van der Waals surface area contributed by atoms with Crippen LogP contribution in [0.4, 0.5) is 4.39 Å².